The number of hydrogen-bond donors (Lipinski definition) is 2. The molecule has 0 bridgehead atoms. The van der Waals surface area contributed by atoms with E-state index in [1.807, 2.05) is 0 Å². The molecule has 9 heteroatoms. The Kier molecular flexibility index (Phi) is 4.60. The fraction of sp³-hybridized carbons (Fsp3) is 0.0714. The highest BCUT2D eigenvalue weighted by Gasteiger charge is 2.10. The van der Waals surface area contributed by atoms with E-state index in [4.69, 9.17) is 0 Å². The molecule has 8 nitrogen and oxygen atoms in total. The zero-order valence-corrected chi connectivity index (χ0v) is 12.8. The van der Waals surface area contributed by atoms with Crippen molar-refractivity contribution >= 4 is 33.0 Å². The zero-order chi connectivity index (χ0) is 17.0. The van der Waals surface area contributed by atoms with Crippen LogP contribution in [0.1, 0.15) is 10.4 Å². The molecule has 2 N–H and O–H groups in total. The van der Waals surface area contributed by atoms with Gasteiger partial charge in [0, 0.05) is 29.1 Å². The van der Waals surface area contributed by atoms with Gasteiger partial charge >= 0.3 is 0 Å². The summed E-state index contributed by atoms with van der Waals surface area (Å²) in [6.07, 6.45) is 1.02. The van der Waals surface area contributed by atoms with Gasteiger partial charge in [0.25, 0.3) is 11.6 Å². The quantitative estimate of drug-likeness (QED) is 0.641. The highest BCUT2D eigenvalue weighted by Crippen LogP contribution is 2.18. The fourth-order valence-electron chi connectivity index (χ4n) is 1.80. The van der Waals surface area contributed by atoms with E-state index >= 15 is 0 Å². The maximum atomic E-state index is 12.1. The second-order valence-corrected chi connectivity index (χ2v) is 6.46. The number of hydrogen-bond acceptors (Lipinski definition) is 5. The third kappa shape index (κ3) is 4.78. The Hall–Kier alpha value is -2.94. The number of carbonyl (C=O) groups is 1. The molecule has 120 valence electrons. The molecule has 0 aliphatic heterocycles. The zero-order valence-electron chi connectivity index (χ0n) is 12.0. The van der Waals surface area contributed by atoms with E-state index in [1.54, 1.807) is 0 Å². The third-order valence-corrected chi connectivity index (χ3v) is 3.37. The second-order valence-electron chi connectivity index (χ2n) is 4.71. The monoisotopic (exact) mass is 335 g/mol. The van der Waals surface area contributed by atoms with Crippen LogP contribution in [0.5, 0.6) is 0 Å². The summed E-state index contributed by atoms with van der Waals surface area (Å²) in [5.41, 5.74) is 0.785. The van der Waals surface area contributed by atoms with Crippen LogP contribution in [0.3, 0.4) is 0 Å². The Labute approximate surface area is 132 Å². The van der Waals surface area contributed by atoms with E-state index in [1.165, 1.54) is 48.5 Å². The molecule has 0 saturated heterocycles. The Morgan fingerprint density at radius 2 is 1.74 bits per heavy atom. The molecule has 0 radical (unpaired) electrons. The molecule has 2 rings (SSSR count). The van der Waals surface area contributed by atoms with Crippen LogP contribution in [0.25, 0.3) is 0 Å². The number of rotatable bonds is 5. The molecule has 2 aromatic carbocycles. The van der Waals surface area contributed by atoms with E-state index in [2.05, 4.69) is 10.0 Å². The summed E-state index contributed by atoms with van der Waals surface area (Å²) in [5, 5.41) is 13.2. The minimum Gasteiger partial charge on any atom is -0.322 e. The topological polar surface area (TPSA) is 118 Å². The maximum absolute atomic E-state index is 12.1. The van der Waals surface area contributed by atoms with E-state index < -0.39 is 20.9 Å². The van der Waals surface area contributed by atoms with Crippen LogP contribution in [0.2, 0.25) is 0 Å². The van der Waals surface area contributed by atoms with Crippen LogP contribution < -0.4 is 10.0 Å². The molecule has 0 aliphatic carbocycles. The summed E-state index contributed by atoms with van der Waals surface area (Å²) >= 11 is 0. The summed E-state index contributed by atoms with van der Waals surface area (Å²) in [6, 6.07) is 11.4. The van der Waals surface area contributed by atoms with E-state index in [0.29, 0.717) is 11.4 Å². The van der Waals surface area contributed by atoms with Gasteiger partial charge in [-0.05, 0) is 30.3 Å². The molecule has 0 saturated carbocycles. The first kappa shape index (κ1) is 16.4. The van der Waals surface area contributed by atoms with Gasteiger partial charge in [0.05, 0.1) is 11.2 Å². The summed E-state index contributed by atoms with van der Waals surface area (Å²) < 4.78 is 24.5. The molecular weight excluding hydrogens is 322 g/mol. The van der Waals surface area contributed by atoms with Crippen molar-refractivity contribution in [3.63, 3.8) is 0 Å². The largest absolute Gasteiger partial charge is 0.322 e. The van der Waals surface area contributed by atoms with Crippen molar-refractivity contribution in [2.45, 2.75) is 0 Å². The van der Waals surface area contributed by atoms with Gasteiger partial charge in [-0.15, -0.1) is 0 Å². The van der Waals surface area contributed by atoms with Gasteiger partial charge in [0.2, 0.25) is 10.0 Å². The number of nitro groups is 1. The Bertz CT molecular complexity index is 847. The predicted octanol–water partition coefficient (Wildman–Crippen LogP) is 2.22. The third-order valence-electron chi connectivity index (χ3n) is 2.77. The van der Waals surface area contributed by atoms with Crippen molar-refractivity contribution in [1.29, 1.82) is 0 Å². The number of amides is 1. The number of benzene rings is 2. The van der Waals surface area contributed by atoms with Crippen LogP contribution in [0, 0.1) is 10.1 Å². The number of anilines is 2. The van der Waals surface area contributed by atoms with Crippen molar-refractivity contribution in [2.75, 3.05) is 16.3 Å². The minimum absolute atomic E-state index is 0.129. The van der Waals surface area contributed by atoms with Gasteiger partial charge in [-0.25, -0.2) is 8.42 Å². The average molecular weight is 335 g/mol. The van der Waals surface area contributed by atoms with Crippen molar-refractivity contribution in [3.8, 4) is 0 Å². The Morgan fingerprint density at radius 1 is 1.09 bits per heavy atom. The van der Waals surface area contributed by atoms with Crippen molar-refractivity contribution in [3.05, 3.63) is 64.2 Å². The number of nitrogens with one attached hydrogen (secondary N) is 2. The average Bonchev–Trinajstić information content (AvgIpc) is 2.46. The number of nitrogens with zero attached hydrogens (tertiary/aromatic N) is 1. The summed E-state index contributed by atoms with van der Waals surface area (Å²) in [7, 11) is -3.39. The van der Waals surface area contributed by atoms with Crippen LogP contribution in [-0.4, -0.2) is 25.5 Å². The van der Waals surface area contributed by atoms with Crippen LogP contribution >= 0.6 is 0 Å². The molecule has 2 aromatic rings. The molecule has 0 aliphatic rings. The van der Waals surface area contributed by atoms with Crippen LogP contribution in [-0.2, 0) is 10.0 Å². The van der Waals surface area contributed by atoms with Gasteiger partial charge in [0.15, 0.2) is 0 Å². The number of nitro benzene ring substituents is 1. The lowest BCUT2D eigenvalue weighted by atomic mass is 10.2. The molecule has 0 aromatic heterocycles. The lowest BCUT2D eigenvalue weighted by molar-refractivity contribution is -0.384. The highest BCUT2D eigenvalue weighted by atomic mass is 32.2. The van der Waals surface area contributed by atoms with E-state index in [0.717, 1.165) is 6.26 Å². The predicted molar refractivity (Wildman–Crippen MR) is 86.0 cm³/mol. The van der Waals surface area contributed by atoms with Gasteiger partial charge in [0.1, 0.15) is 0 Å². The molecule has 0 heterocycles. The maximum Gasteiger partial charge on any atom is 0.271 e. The van der Waals surface area contributed by atoms with Crippen LogP contribution in [0.15, 0.2) is 48.5 Å². The van der Waals surface area contributed by atoms with Gasteiger partial charge in [-0.3, -0.25) is 19.6 Å². The van der Waals surface area contributed by atoms with Crippen molar-refractivity contribution in [1.82, 2.24) is 0 Å². The van der Waals surface area contributed by atoms with E-state index in [-0.39, 0.29) is 11.3 Å². The summed E-state index contributed by atoms with van der Waals surface area (Å²) in [4.78, 5) is 22.2. The molecule has 0 spiro atoms. The minimum atomic E-state index is -3.39. The molecule has 23 heavy (non-hydrogen) atoms. The van der Waals surface area contributed by atoms with Crippen molar-refractivity contribution < 1.29 is 18.1 Å². The first-order chi connectivity index (χ1) is 10.7. The smallest absolute Gasteiger partial charge is 0.271 e. The SMILES string of the molecule is CS(=O)(=O)Nc1ccc(C(=O)Nc2cccc([N+](=O)[O-])c2)cc1. The highest BCUT2D eigenvalue weighted by molar-refractivity contribution is 7.92. The van der Waals surface area contributed by atoms with Gasteiger partial charge in [-0.1, -0.05) is 6.07 Å². The normalized spacial score (nSPS) is 10.8. The Morgan fingerprint density at radius 3 is 2.30 bits per heavy atom. The van der Waals surface area contributed by atoms with Gasteiger partial charge < -0.3 is 5.32 Å². The lowest BCUT2D eigenvalue weighted by Gasteiger charge is -2.07. The number of sulfonamides is 1. The molecule has 0 fully saturated rings. The van der Waals surface area contributed by atoms with Crippen LogP contribution in [0.4, 0.5) is 17.1 Å². The lowest BCUT2D eigenvalue weighted by Crippen LogP contribution is -2.13. The first-order valence-electron chi connectivity index (χ1n) is 6.38. The second kappa shape index (κ2) is 6.44. The molecule has 0 atom stereocenters. The fourth-order valence-corrected chi connectivity index (χ4v) is 2.37. The molecule has 0 unspecified atom stereocenters. The van der Waals surface area contributed by atoms with Gasteiger partial charge in [-0.2, -0.15) is 0 Å². The number of carbonyl (C=O) groups excluding carboxylic acids is 1. The molecular formula is C14H13N3O5S. The number of non-ortho nitro benzene ring substituents is 1. The summed E-state index contributed by atoms with van der Waals surface area (Å²) in [5.74, 6) is -0.462. The molecule has 1 amide bonds. The van der Waals surface area contributed by atoms with Crippen molar-refractivity contribution in [2.24, 2.45) is 0 Å². The van der Waals surface area contributed by atoms with E-state index in [9.17, 15) is 23.3 Å². The summed E-state index contributed by atoms with van der Waals surface area (Å²) in [6.45, 7) is 0. The first-order valence-corrected chi connectivity index (χ1v) is 8.27. The standard InChI is InChI=1S/C14H13N3O5S/c1-23(21,22)16-11-7-5-10(6-8-11)14(18)15-12-3-2-4-13(9-12)17(19)20/h2-9,16H,1H3,(H,15,18). The Balaban J connectivity index is 2.12.